The van der Waals surface area contributed by atoms with Crippen molar-refractivity contribution in [3.63, 3.8) is 0 Å². The van der Waals surface area contributed by atoms with Gasteiger partial charge in [0.1, 0.15) is 11.3 Å². The van der Waals surface area contributed by atoms with Gasteiger partial charge in [0.15, 0.2) is 11.6 Å². The van der Waals surface area contributed by atoms with E-state index in [9.17, 15) is 18.0 Å². The molecule has 5 rings (SSSR count). The van der Waals surface area contributed by atoms with Gasteiger partial charge in [-0.15, -0.1) is 0 Å². The van der Waals surface area contributed by atoms with Gasteiger partial charge in [0, 0.05) is 50.8 Å². The number of rotatable bonds is 4. The topological polar surface area (TPSA) is 76.4 Å². The summed E-state index contributed by atoms with van der Waals surface area (Å²) in [6, 6.07) is 6.02. The van der Waals surface area contributed by atoms with Gasteiger partial charge in [-0.25, -0.2) is 4.98 Å². The lowest BCUT2D eigenvalue weighted by atomic mass is 10.1. The molecule has 0 radical (unpaired) electrons. The summed E-state index contributed by atoms with van der Waals surface area (Å²) in [4.78, 5) is 25.7. The monoisotopic (exact) mass is 472 g/mol. The third kappa shape index (κ3) is 3.74. The van der Waals surface area contributed by atoms with Crippen molar-refractivity contribution in [2.45, 2.75) is 31.1 Å². The summed E-state index contributed by atoms with van der Waals surface area (Å²) in [5.41, 5.74) is 0.701. The van der Waals surface area contributed by atoms with Crippen LogP contribution in [0, 0.1) is 0 Å². The number of hydrogen-bond acceptors (Lipinski definition) is 6. The molecule has 0 N–H and O–H groups in total. The molecular formula is C23H23F3N6O2. The molecule has 2 aliphatic heterocycles. The van der Waals surface area contributed by atoms with E-state index in [4.69, 9.17) is 4.74 Å². The molecule has 0 spiro atoms. The molecule has 2 saturated heterocycles. The molecule has 1 amide bonds. The first-order chi connectivity index (χ1) is 16.3. The van der Waals surface area contributed by atoms with Gasteiger partial charge in [-0.1, -0.05) is 6.07 Å². The Bertz CT molecular complexity index is 1200. The Morgan fingerprint density at radius 2 is 1.82 bits per heavy atom. The Kier molecular flexibility index (Phi) is 5.41. The van der Waals surface area contributed by atoms with Crippen molar-refractivity contribution < 1.29 is 22.7 Å². The smallest absolute Gasteiger partial charge is 0.420 e. The lowest BCUT2D eigenvalue weighted by Gasteiger charge is -2.42. The highest BCUT2D eigenvalue weighted by atomic mass is 19.4. The number of anilines is 1. The third-order valence-electron chi connectivity index (χ3n) is 6.38. The maximum atomic E-state index is 13.5. The van der Waals surface area contributed by atoms with Crippen LogP contribution in [-0.2, 0) is 13.2 Å². The van der Waals surface area contributed by atoms with Gasteiger partial charge < -0.3 is 14.5 Å². The summed E-state index contributed by atoms with van der Waals surface area (Å²) < 4.78 is 47.4. The van der Waals surface area contributed by atoms with Gasteiger partial charge in [-0.3, -0.25) is 14.5 Å². The number of amides is 1. The minimum absolute atomic E-state index is 0.164. The van der Waals surface area contributed by atoms with E-state index in [1.54, 1.807) is 41.2 Å². The molecule has 2 fully saturated rings. The molecule has 11 heteroatoms. The van der Waals surface area contributed by atoms with Crippen LogP contribution < -0.4 is 9.64 Å². The van der Waals surface area contributed by atoms with Crippen molar-refractivity contribution in [1.82, 2.24) is 24.6 Å². The average Bonchev–Trinajstić information content (AvgIpc) is 3.34. The summed E-state index contributed by atoms with van der Waals surface area (Å²) in [6.45, 7) is 0.736. The lowest BCUT2D eigenvalue weighted by molar-refractivity contribution is -0.138. The maximum absolute atomic E-state index is 13.5. The third-order valence-corrected chi connectivity index (χ3v) is 6.38. The van der Waals surface area contributed by atoms with Crippen molar-refractivity contribution in [1.29, 1.82) is 0 Å². The highest BCUT2D eigenvalue weighted by Gasteiger charge is 2.45. The maximum Gasteiger partial charge on any atom is 0.420 e. The van der Waals surface area contributed by atoms with E-state index in [0.717, 1.165) is 25.1 Å². The number of aryl methyl sites for hydroxylation is 1. The highest BCUT2D eigenvalue weighted by Crippen LogP contribution is 2.44. The molecule has 8 nitrogen and oxygen atoms in total. The number of alkyl halides is 3. The van der Waals surface area contributed by atoms with Crippen LogP contribution in [0.2, 0.25) is 0 Å². The second kappa shape index (κ2) is 8.30. The summed E-state index contributed by atoms with van der Waals surface area (Å²) in [5, 5.41) is 4.43. The Morgan fingerprint density at radius 3 is 2.44 bits per heavy atom. The Balaban J connectivity index is 1.43. The molecule has 2 unspecified atom stereocenters. The quantitative estimate of drug-likeness (QED) is 0.580. The Hall–Kier alpha value is -3.63. The van der Waals surface area contributed by atoms with E-state index in [1.807, 2.05) is 11.0 Å². The van der Waals surface area contributed by atoms with E-state index < -0.39 is 11.7 Å². The van der Waals surface area contributed by atoms with Crippen molar-refractivity contribution in [2.24, 2.45) is 7.05 Å². The van der Waals surface area contributed by atoms with E-state index >= 15 is 0 Å². The number of hydrogen-bond donors (Lipinski definition) is 0. The first kappa shape index (κ1) is 22.2. The van der Waals surface area contributed by atoms with Crippen molar-refractivity contribution in [3.8, 4) is 17.1 Å². The van der Waals surface area contributed by atoms with Gasteiger partial charge in [-0.05, 0) is 31.0 Å². The molecule has 5 heterocycles. The molecular weight excluding hydrogens is 449 g/mol. The number of methoxy groups -OCH3 is 1. The van der Waals surface area contributed by atoms with E-state index in [0.29, 0.717) is 30.0 Å². The van der Waals surface area contributed by atoms with Crippen LogP contribution in [0.5, 0.6) is 5.75 Å². The molecule has 178 valence electrons. The number of halogens is 3. The lowest BCUT2D eigenvalue weighted by Crippen LogP contribution is -2.56. The number of carbonyl (C=O) groups is 1. The van der Waals surface area contributed by atoms with E-state index in [2.05, 4.69) is 15.1 Å². The Morgan fingerprint density at radius 1 is 1.09 bits per heavy atom. The number of carbonyl (C=O) groups excluding carboxylic acids is 1. The number of fused-ring (bicyclic) bond motifs is 2. The Labute approximate surface area is 194 Å². The van der Waals surface area contributed by atoms with Gasteiger partial charge in [-0.2, -0.15) is 18.3 Å². The molecule has 2 atom stereocenters. The molecule has 0 aliphatic carbocycles. The second-order valence-corrected chi connectivity index (χ2v) is 8.50. The van der Waals surface area contributed by atoms with Crippen LogP contribution in [0.15, 0.2) is 42.9 Å². The summed E-state index contributed by atoms with van der Waals surface area (Å²) in [7, 11) is 2.97. The molecule has 0 saturated carbocycles. The predicted molar refractivity (Wildman–Crippen MR) is 117 cm³/mol. The first-order valence-electron chi connectivity index (χ1n) is 10.9. The van der Waals surface area contributed by atoms with Gasteiger partial charge in [0.05, 0.1) is 18.4 Å². The highest BCUT2D eigenvalue weighted by molar-refractivity contribution is 5.99. The van der Waals surface area contributed by atoms with Crippen LogP contribution >= 0.6 is 0 Å². The van der Waals surface area contributed by atoms with Gasteiger partial charge in [0.25, 0.3) is 5.91 Å². The average molecular weight is 472 g/mol. The SMILES string of the molecule is COc1c(C(F)(F)F)ccnc1N1C2CCC1CN(C(=O)c1cn(C)nc1-c1ccccn1)C2. The van der Waals surface area contributed by atoms with Crippen LogP contribution in [0.1, 0.15) is 28.8 Å². The molecule has 3 aromatic heterocycles. The summed E-state index contributed by atoms with van der Waals surface area (Å²) in [5.74, 6) is -0.280. The molecule has 3 aromatic rings. The second-order valence-electron chi connectivity index (χ2n) is 8.50. The number of piperazine rings is 1. The fourth-order valence-corrected chi connectivity index (χ4v) is 4.97. The van der Waals surface area contributed by atoms with Crippen molar-refractivity contribution >= 4 is 11.7 Å². The normalized spacial score (nSPS) is 20.0. The number of pyridine rings is 2. The van der Waals surface area contributed by atoms with Crippen LogP contribution in [0.25, 0.3) is 11.4 Å². The summed E-state index contributed by atoms with van der Waals surface area (Å²) >= 11 is 0. The molecule has 2 aliphatic rings. The van der Waals surface area contributed by atoms with Gasteiger partial charge >= 0.3 is 6.18 Å². The predicted octanol–water partition coefficient (Wildman–Crippen LogP) is 3.40. The first-order valence-corrected chi connectivity index (χ1v) is 10.9. The number of aromatic nitrogens is 4. The zero-order valence-electron chi connectivity index (χ0n) is 18.7. The summed E-state index contributed by atoms with van der Waals surface area (Å²) in [6.07, 6.45) is 1.42. The number of likely N-dealkylation sites (tertiary alicyclic amines) is 1. The number of nitrogens with zero attached hydrogens (tertiary/aromatic N) is 6. The van der Waals surface area contributed by atoms with Crippen LogP contribution in [0.3, 0.4) is 0 Å². The van der Waals surface area contributed by atoms with E-state index in [1.165, 1.54) is 7.11 Å². The fraction of sp³-hybridized carbons (Fsp3) is 0.391. The molecule has 0 aromatic carbocycles. The van der Waals surface area contributed by atoms with Crippen LogP contribution in [-0.4, -0.2) is 62.8 Å². The van der Waals surface area contributed by atoms with Crippen LogP contribution in [0.4, 0.5) is 19.0 Å². The van der Waals surface area contributed by atoms with Gasteiger partial charge in [0.2, 0.25) is 0 Å². The minimum Gasteiger partial charge on any atom is -0.492 e. The van der Waals surface area contributed by atoms with E-state index in [-0.39, 0.29) is 29.6 Å². The largest absolute Gasteiger partial charge is 0.492 e. The zero-order chi connectivity index (χ0) is 24.0. The zero-order valence-corrected chi connectivity index (χ0v) is 18.7. The molecule has 34 heavy (non-hydrogen) atoms. The minimum atomic E-state index is -4.55. The van der Waals surface area contributed by atoms with Crippen molar-refractivity contribution in [2.75, 3.05) is 25.1 Å². The number of ether oxygens (including phenoxy) is 1. The fourth-order valence-electron chi connectivity index (χ4n) is 4.97. The molecule has 2 bridgehead atoms. The van der Waals surface area contributed by atoms with Crippen molar-refractivity contribution in [3.05, 3.63) is 54.0 Å². The standard InChI is InChI=1S/C23H23F3N6O2/c1-30-13-16(19(29-30)18-5-3-4-9-27-18)22(33)31-11-14-6-7-15(12-31)32(14)21-20(34-2)17(8-10-28-21)23(24,25)26/h3-5,8-10,13-15H,6-7,11-12H2,1-2H3.